The predicted molar refractivity (Wildman–Crippen MR) is 115 cm³/mol. The summed E-state index contributed by atoms with van der Waals surface area (Å²) >= 11 is 0. The van der Waals surface area contributed by atoms with Crippen molar-refractivity contribution in [2.24, 2.45) is 11.8 Å². The summed E-state index contributed by atoms with van der Waals surface area (Å²) in [5, 5.41) is 10.9. The van der Waals surface area contributed by atoms with Crippen LogP contribution in [0.2, 0.25) is 0 Å². The molecule has 1 saturated heterocycles. The molecule has 0 unspecified atom stereocenters. The number of amides is 2. The first-order chi connectivity index (χ1) is 15.1. The molecule has 1 N–H and O–H groups in total. The molecule has 5 heteroatoms. The van der Waals surface area contributed by atoms with E-state index >= 15 is 0 Å². The van der Waals surface area contributed by atoms with Crippen LogP contribution in [0.1, 0.15) is 28.2 Å². The molecule has 0 radical (unpaired) electrons. The van der Waals surface area contributed by atoms with Crippen LogP contribution in [-0.2, 0) is 15.0 Å². The van der Waals surface area contributed by atoms with E-state index in [0.717, 1.165) is 22.3 Å². The molecule has 3 aromatic carbocycles. The summed E-state index contributed by atoms with van der Waals surface area (Å²) in [6.45, 7) is -0.242. The molecule has 2 bridgehead atoms. The van der Waals surface area contributed by atoms with E-state index in [0.29, 0.717) is 11.4 Å². The minimum absolute atomic E-state index is 0.220. The number of imide groups is 1. The standard InChI is InChI=1S/C26H21NO4/c1-31-20-13-7-6-12-19(20)27-24(29)22-21-15-8-2-4-10-17(15)26(14-28,23(22)25(27)30)18-11-5-3-9-16(18)21/h2-13,21-23,28H,14H2,1H3/t21?,22-,23+,26?/m1/s1. The van der Waals surface area contributed by atoms with Crippen LogP contribution < -0.4 is 9.64 Å². The van der Waals surface area contributed by atoms with Gasteiger partial charge in [-0.3, -0.25) is 9.59 Å². The van der Waals surface area contributed by atoms with Crippen molar-refractivity contribution in [1.29, 1.82) is 0 Å². The quantitative estimate of drug-likeness (QED) is 0.672. The molecule has 0 saturated carbocycles. The molecule has 31 heavy (non-hydrogen) atoms. The number of aliphatic hydroxyl groups is 1. The number of hydrogen-bond acceptors (Lipinski definition) is 4. The molecule has 7 rings (SSSR count). The first-order valence-electron chi connectivity index (χ1n) is 10.5. The third-order valence-electron chi connectivity index (χ3n) is 7.37. The lowest BCUT2D eigenvalue weighted by Crippen LogP contribution is -2.55. The highest BCUT2D eigenvalue weighted by Gasteiger charge is 2.68. The van der Waals surface area contributed by atoms with E-state index in [1.807, 2.05) is 54.6 Å². The Morgan fingerprint density at radius 3 is 2.06 bits per heavy atom. The second kappa shape index (κ2) is 6.28. The van der Waals surface area contributed by atoms with Gasteiger partial charge in [0.25, 0.3) is 0 Å². The van der Waals surface area contributed by atoms with Crippen LogP contribution in [0.4, 0.5) is 5.69 Å². The molecule has 3 aromatic rings. The molecular formula is C26H21NO4. The van der Waals surface area contributed by atoms with E-state index in [1.54, 1.807) is 18.2 Å². The summed E-state index contributed by atoms with van der Waals surface area (Å²) in [6.07, 6.45) is 0. The molecular weight excluding hydrogens is 390 g/mol. The maximum absolute atomic E-state index is 13.9. The number of benzene rings is 3. The van der Waals surface area contributed by atoms with E-state index in [1.165, 1.54) is 12.0 Å². The number of carbonyl (C=O) groups excluding carboxylic acids is 2. The fourth-order valence-corrected chi connectivity index (χ4v) is 6.25. The molecule has 4 aliphatic rings. The Morgan fingerprint density at radius 1 is 0.871 bits per heavy atom. The minimum Gasteiger partial charge on any atom is -0.495 e. The first-order valence-corrected chi connectivity index (χ1v) is 10.5. The molecule has 1 heterocycles. The Kier molecular flexibility index (Phi) is 3.72. The summed E-state index contributed by atoms with van der Waals surface area (Å²) in [5.74, 6) is -1.47. The first kappa shape index (κ1) is 18.3. The SMILES string of the molecule is COc1ccccc1N1C(=O)[C@@H]2C3c4ccccc4C(CO)(c4ccccc43)[C@@H]2C1=O. The number of hydrogen-bond donors (Lipinski definition) is 1. The van der Waals surface area contributed by atoms with Gasteiger partial charge in [-0.05, 0) is 34.4 Å². The van der Waals surface area contributed by atoms with E-state index in [9.17, 15) is 14.7 Å². The van der Waals surface area contributed by atoms with Crippen LogP contribution in [0, 0.1) is 11.8 Å². The van der Waals surface area contributed by atoms with E-state index in [-0.39, 0.29) is 24.3 Å². The van der Waals surface area contributed by atoms with Gasteiger partial charge in [-0.2, -0.15) is 0 Å². The van der Waals surface area contributed by atoms with E-state index in [4.69, 9.17) is 4.74 Å². The molecule has 154 valence electrons. The third kappa shape index (κ3) is 2.04. The van der Waals surface area contributed by atoms with Gasteiger partial charge >= 0.3 is 0 Å². The Morgan fingerprint density at radius 2 is 1.45 bits per heavy atom. The number of nitrogens with zero attached hydrogens (tertiary/aromatic N) is 1. The van der Waals surface area contributed by atoms with Gasteiger partial charge < -0.3 is 9.84 Å². The highest BCUT2D eigenvalue weighted by atomic mass is 16.5. The molecule has 0 spiro atoms. The molecule has 5 nitrogen and oxygen atoms in total. The van der Waals surface area contributed by atoms with E-state index < -0.39 is 17.3 Å². The van der Waals surface area contributed by atoms with Crippen molar-refractivity contribution in [3.05, 3.63) is 95.1 Å². The highest BCUT2D eigenvalue weighted by Crippen LogP contribution is 2.64. The lowest BCUT2D eigenvalue weighted by atomic mass is 9.47. The topological polar surface area (TPSA) is 66.8 Å². The zero-order chi connectivity index (χ0) is 21.3. The van der Waals surface area contributed by atoms with Crippen molar-refractivity contribution < 1.29 is 19.4 Å². The van der Waals surface area contributed by atoms with Gasteiger partial charge in [-0.1, -0.05) is 60.7 Å². The minimum atomic E-state index is -0.948. The Bertz CT molecular complexity index is 1200. The summed E-state index contributed by atoms with van der Waals surface area (Å²) in [6, 6.07) is 22.9. The maximum atomic E-state index is 13.9. The molecule has 2 amide bonds. The average molecular weight is 411 g/mol. The van der Waals surface area contributed by atoms with Gasteiger partial charge in [0.15, 0.2) is 0 Å². The zero-order valence-electron chi connectivity index (χ0n) is 17.0. The van der Waals surface area contributed by atoms with Gasteiger partial charge in [0.1, 0.15) is 5.75 Å². The molecule has 2 atom stereocenters. The maximum Gasteiger partial charge on any atom is 0.239 e. The number of anilines is 1. The number of ether oxygens (including phenoxy) is 1. The van der Waals surface area contributed by atoms with Crippen molar-refractivity contribution >= 4 is 17.5 Å². The van der Waals surface area contributed by atoms with E-state index in [2.05, 4.69) is 0 Å². The zero-order valence-corrected chi connectivity index (χ0v) is 17.0. The Labute approximate surface area is 179 Å². The van der Waals surface area contributed by atoms with Crippen molar-refractivity contribution in [2.45, 2.75) is 11.3 Å². The predicted octanol–water partition coefficient (Wildman–Crippen LogP) is 3.24. The lowest BCUT2D eigenvalue weighted by Gasteiger charge is -2.53. The average Bonchev–Trinajstić information content (AvgIpc) is 3.09. The largest absolute Gasteiger partial charge is 0.495 e. The van der Waals surface area contributed by atoms with Crippen LogP contribution in [0.3, 0.4) is 0 Å². The smallest absolute Gasteiger partial charge is 0.239 e. The summed E-state index contributed by atoms with van der Waals surface area (Å²) in [4.78, 5) is 29.1. The second-order valence-electron chi connectivity index (χ2n) is 8.47. The fraction of sp³-hybridized carbons (Fsp3) is 0.231. The summed E-state index contributed by atoms with van der Waals surface area (Å²) in [7, 11) is 1.53. The summed E-state index contributed by atoms with van der Waals surface area (Å²) in [5.41, 5.74) is 3.46. The van der Waals surface area contributed by atoms with Crippen LogP contribution in [0.25, 0.3) is 0 Å². The molecule has 1 fully saturated rings. The van der Waals surface area contributed by atoms with Gasteiger partial charge in [0.05, 0.1) is 36.7 Å². The molecule has 0 aromatic heterocycles. The number of methoxy groups -OCH3 is 1. The van der Waals surface area contributed by atoms with Crippen LogP contribution >= 0.6 is 0 Å². The molecule has 1 aliphatic heterocycles. The number of aliphatic hydroxyl groups excluding tert-OH is 1. The summed E-state index contributed by atoms with van der Waals surface area (Å²) < 4.78 is 5.46. The fourth-order valence-electron chi connectivity index (χ4n) is 6.25. The van der Waals surface area contributed by atoms with Crippen LogP contribution in [0.5, 0.6) is 5.75 Å². The second-order valence-corrected chi connectivity index (χ2v) is 8.47. The van der Waals surface area contributed by atoms with Crippen molar-refractivity contribution in [2.75, 3.05) is 18.6 Å². The Hall–Kier alpha value is -3.44. The van der Waals surface area contributed by atoms with Crippen molar-refractivity contribution in [3.63, 3.8) is 0 Å². The van der Waals surface area contributed by atoms with Gasteiger partial charge in [0.2, 0.25) is 11.8 Å². The van der Waals surface area contributed by atoms with Crippen LogP contribution in [-0.4, -0.2) is 30.6 Å². The molecule has 3 aliphatic carbocycles. The number of rotatable bonds is 3. The normalized spacial score (nSPS) is 27.7. The van der Waals surface area contributed by atoms with Crippen LogP contribution in [0.15, 0.2) is 72.8 Å². The third-order valence-corrected chi connectivity index (χ3v) is 7.37. The van der Waals surface area contributed by atoms with Gasteiger partial charge in [0, 0.05) is 5.92 Å². The highest BCUT2D eigenvalue weighted by molar-refractivity contribution is 6.24. The number of carbonyl (C=O) groups is 2. The van der Waals surface area contributed by atoms with Gasteiger partial charge in [-0.25, -0.2) is 4.90 Å². The van der Waals surface area contributed by atoms with Crippen molar-refractivity contribution in [3.8, 4) is 5.75 Å². The number of para-hydroxylation sites is 2. The lowest BCUT2D eigenvalue weighted by molar-refractivity contribution is -0.124. The van der Waals surface area contributed by atoms with Gasteiger partial charge in [-0.15, -0.1) is 0 Å². The Balaban J connectivity index is 1.64. The van der Waals surface area contributed by atoms with Crippen molar-refractivity contribution in [1.82, 2.24) is 0 Å². The monoisotopic (exact) mass is 411 g/mol.